The van der Waals surface area contributed by atoms with E-state index >= 15 is 0 Å². The zero-order chi connectivity index (χ0) is 16.5. The number of ether oxygens (including phenoxy) is 1. The molecule has 0 heterocycles. The lowest BCUT2D eigenvalue weighted by Gasteiger charge is -2.10. The van der Waals surface area contributed by atoms with Crippen molar-refractivity contribution in [2.24, 2.45) is 5.73 Å². The smallest absolute Gasteiger partial charge is 0.347 e. The van der Waals surface area contributed by atoms with Crippen LogP contribution in [0.2, 0.25) is 0 Å². The largest absolute Gasteiger partial charge is 0.507 e. The first-order valence-electron chi connectivity index (χ1n) is 7.12. The summed E-state index contributed by atoms with van der Waals surface area (Å²) >= 11 is 0. The number of hydrogen-bond acceptors (Lipinski definition) is 6. The van der Waals surface area contributed by atoms with E-state index in [9.17, 15) is 19.8 Å². The van der Waals surface area contributed by atoms with Crippen molar-refractivity contribution >= 4 is 24.3 Å². The molecule has 23 heavy (non-hydrogen) atoms. The molecule has 7 nitrogen and oxygen atoms in total. The van der Waals surface area contributed by atoms with Gasteiger partial charge >= 0.3 is 5.97 Å². The zero-order valence-electron chi connectivity index (χ0n) is 13.0. The van der Waals surface area contributed by atoms with E-state index in [1.807, 2.05) is 0 Å². The van der Waals surface area contributed by atoms with E-state index in [1.54, 1.807) is 6.92 Å². The minimum atomic E-state index is -0.901. The maximum absolute atomic E-state index is 11.8. The summed E-state index contributed by atoms with van der Waals surface area (Å²) in [6.07, 6.45) is 2.79. The molecule has 8 heteroatoms. The topological polar surface area (TPSA) is 122 Å². The first-order chi connectivity index (χ1) is 10.5. The second-order valence-corrected chi connectivity index (χ2v) is 4.90. The summed E-state index contributed by atoms with van der Waals surface area (Å²) in [5, 5.41) is 21.8. The molecule has 0 bridgehead atoms. The van der Waals surface area contributed by atoms with Crippen molar-refractivity contribution in [3.8, 4) is 11.5 Å². The lowest BCUT2D eigenvalue weighted by Crippen LogP contribution is -2.27. The summed E-state index contributed by atoms with van der Waals surface area (Å²) in [5.41, 5.74) is 5.48. The number of carbonyl (C=O) groups is 2. The molecule has 0 unspecified atom stereocenters. The quantitative estimate of drug-likeness (QED) is 0.322. The fourth-order valence-electron chi connectivity index (χ4n) is 1.84. The Labute approximate surface area is 141 Å². The number of aromatic hydroxyl groups is 2. The summed E-state index contributed by atoms with van der Waals surface area (Å²) in [7, 11) is 0. The molecule has 0 saturated heterocycles. The van der Waals surface area contributed by atoms with Crippen molar-refractivity contribution < 1.29 is 24.5 Å². The van der Waals surface area contributed by atoms with Gasteiger partial charge in [-0.2, -0.15) is 0 Å². The number of unbranched alkanes of at least 4 members (excludes halogenated alkanes) is 2. The normalized spacial score (nSPS) is 9.83. The second-order valence-electron chi connectivity index (χ2n) is 4.90. The van der Waals surface area contributed by atoms with Crippen LogP contribution in [0.1, 0.15) is 41.6 Å². The van der Waals surface area contributed by atoms with Crippen LogP contribution in [0.15, 0.2) is 12.1 Å². The molecule has 0 aliphatic heterocycles. The third kappa shape index (κ3) is 6.75. The van der Waals surface area contributed by atoms with Crippen LogP contribution in [0.3, 0.4) is 0 Å². The van der Waals surface area contributed by atoms with Gasteiger partial charge in [-0.3, -0.25) is 4.79 Å². The number of phenolic OH excluding ortho intramolecular Hbond substituents is 2. The Morgan fingerprint density at radius 1 is 1.22 bits per heavy atom. The maximum Gasteiger partial charge on any atom is 0.347 e. The van der Waals surface area contributed by atoms with E-state index in [-0.39, 0.29) is 42.1 Å². The Hall–Kier alpha value is -1.99. The Morgan fingerprint density at radius 2 is 1.91 bits per heavy atom. The van der Waals surface area contributed by atoms with Crippen LogP contribution in [0.25, 0.3) is 0 Å². The van der Waals surface area contributed by atoms with Crippen molar-refractivity contribution in [3.05, 3.63) is 23.3 Å². The van der Waals surface area contributed by atoms with Crippen LogP contribution in [0, 0.1) is 6.92 Å². The molecule has 0 radical (unpaired) electrons. The predicted octanol–water partition coefficient (Wildman–Crippen LogP) is 1.58. The number of halogens is 1. The van der Waals surface area contributed by atoms with Crippen LogP contribution in [-0.4, -0.2) is 35.4 Å². The van der Waals surface area contributed by atoms with Gasteiger partial charge in [-0.25, -0.2) is 4.79 Å². The number of benzene rings is 1. The molecular weight excluding hydrogens is 324 g/mol. The molecule has 0 atom stereocenters. The highest BCUT2D eigenvalue weighted by atomic mass is 35.5. The van der Waals surface area contributed by atoms with Gasteiger partial charge in [-0.15, -0.1) is 12.4 Å². The monoisotopic (exact) mass is 346 g/mol. The number of phenols is 2. The number of hydrogen-bond donors (Lipinski definition) is 4. The predicted molar refractivity (Wildman–Crippen MR) is 87.7 cm³/mol. The van der Waals surface area contributed by atoms with Gasteiger partial charge in [-0.05, 0) is 37.9 Å². The van der Waals surface area contributed by atoms with Gasteiger partial charge in [0.1, 0.15) is 17.1 Å². The Bertz CT molecular complexity index is 537. The fourth-order valence-corrected chi connectivity index (χ4v) is 1.84. The lowest BCUT2D eigenvalue weighted by molar-refractivity contribution is -0.122. The first-order valence-corrected chi connectivity index (χ1v) is 7.12. The van der Waals surface area contributed by atoms with E-state index in [0.717, 1.165) is 19.3 Å². The first kappa shape index (κ1) is 21.0. The van der Waals surface area contributed by atoms with E-state index in [1.165, 1.54) is 12.1 Å². The van der Waals surface area contributed by atoms with Gasteiger partial charge in [0.15, 0.2) is 6.73 Å². The number of nitrogens with one attached hydrogen (secondary N) is 1. The molecule has 0 aromatic heterocycles. The summed E-state index contributed by atoms with van der Waals surface area (Å²) in [6.45, 7) is 1.87. The molecule has 0 spiro atoms. The van der Waals surface area contributed by atoms with Gasteiger partial charge in [0.2, 0.25) is 5.91 Å². The SMILES string of the molecule is Cc1ccc(O)c(C(=O)OCNC(=O)CCCCCN)c1O.Cl. The third-order valence-electron chi connectivity index (χ3n) is 3.14. The van der Waals surface area contributed by atoms with E-state index in [0.29, 0.717) is 18.5 Å². The summed E-state index contributed by atoms with van der Waals surface area (Å²) < 4.78 is 4.83. The number of carbonyl (C=O) groups excluding carboxylic acids is 2. The highest BCUT2D eigenvalue weighted by Gasteiger charge is 2.19. The van der Waals surface area contributed by atoms with Crippen LogP contribution in [0.5, 0.6) is 11.5 Å². The number of amides is 1. The molecule has 1 amide bonds. The maximum atomic E-state index is 11.8. The third-order valence-corrected chi connectivity index (χ3v) is 3.14. The van der Waals surface area contributed by atoms with Crippen molar-refractivity contribution in [2.75, 3.05) is 13.3 Å². The molecule has 0 saturated carbocycles. The van der Waals surface area contributed by atoms with Gasteiger partial charge in [0.05, 0.1) is 0 Å². The highest BCUT2D eigenvalue weighted by Crippen LogP contribution is 2.30. The number of aryl methyl sites for hydroxylation is 1. The van der Waals surface area contributed by atoms with Gasteiger partial charge in [-0.1, -0.05) is 12.5 Å². The van der Waals surface area contributed by atoms with Crippen LogP contribution in [0.4, 0.5) is 0 Å². The van der Waals surface area contributed by atoms with Gasteiger partial charge in [0.25, 0.3) is 0 Å². The van der Waals surface area contributed by atoms with Crippen molar-refractivity contribution in [3.63, 3.8) is 0 Å². The van der Waals surface area contributed by atoms with E-state index < -0.39 is 5.97 Å². The van der Waals surface area contributed by atoms with Gasteiger partial charge < -0.3 is 26.0 Å². The minimum Gasteiger partial charge on any atom is -0.507 e. The van der Waals surface area contributed by atoms with E-state index in [2.05, 4.69) is 5.32 Å². The Morgan fingerprint density at radius 3 is 2.57 bits per heavy atom. The Balaban J connectivity index is 0.00000484. The summed E-state index contributed by atoms with van der Waals surface area (Å²) in [4.78, 5) is 23.3. The average Bonchev–Trinajstić information content (AvgIpc) is 2.48. The number of rotatable bonds is 8. The van der Waals surface area contributed by atoms with E-state index in [4.69, 9.17) is 10.5 Å². The molecule has 0 fully saturated rings. The molecule has 1 rings (SSSR count). The number of nitrogens with two attached hydrogens (primary N) is 1. The summed E-state index contributed by atoms with van der Waals surface area (Å²) in [6, 6.07) is 2.77. The van der Waals surface area contributed by atoms with Crippen LogP contribution >= 0.6 is 12.4 Å². The molecule has 130 valence electrons. The molecule has 1 aromatic carbocycles. The zero-order valence-corrected chi connectivity index (χ0v) is 13.8. The molecular formula is C15H23ClN2O5. The molecule has 0 aliphatic rings. The molecule has 1 aromatic rings. The summed E-state index contributed by atoms with van der Waals surface area (Å²) in [5.74, 6) is -1.84. The molecule has 5 N–H and O–H groups in total. The minimum absolute atomic E-state index is 0. The highest BCUT2D eigenvalue weighted by molar-refractivity contribution is 5.96. The van der Waals surface area contributed by atoms with Crippen molar-refractivity contribution in [1.82, 2.24) is 5.32 Å². The van der Waals surface area contributed by atoms with Crippen LogP contribution < -0.4 is 11.1 Å². The fraction of sp³-hybridized carbons (Fsp3) is 0.467. The van der Waals surface area contributed by atoms with Gasteiger partial charge in [0, 0.05) is 6.42 Å². The van der Waals surface area contributed by atoms with Crippen LogP contribution in [-0.2, 0) is 9.53 Å². The molecule has 0 aliphatic carbocycles. The van der Waals surface area contributed by atoms with Crippen molar-refractivity contribution in [1.29, 1.82) is 0 Å². The van der Waals surface area contributed by atoms with Crippen molar-refractivity contribution in [2.45, 2.75) is 32.6 Å². The average molecular weight is 347 g/mol. The lowest BCUT2D eigenvalue weighted by atomic mass is 10.1. The Kier molecular flexibility index (Phi) is 9.76. The second kappa shape index (κ2) is 10.7. The standard InChI is InChI=1S/C15H22N2O5.ClH/c1-10-6-7-11(18)13(14(10)20)15(21)22-9-17-12(19)5-3-2-4-8-16;/h6-7,18,20H,2-5,8-9,16H2,1H3,(H,17,19);1H. The number of esters is 1.